The summed E-state index contributed by atoms with van der Waals surface area (Å²) in [6, 6.07) is 5.35. The lowest BCUT2D eigenvalue weighted by atomic mass is 9.53. The lowest BCUT2D eigenvalue weighted by Gasteiger charge is -2.50. The Morgan fingerprint density at radius 3 is 2.40 bits per heavy atom. The Labute approximate surface area is 215 Å². The number of H-pyrrole nitrogens is 1. The lowest BCUT2D eigenvalue weighted by molar-refractivity contribution is -0.156. The molecule has 0 atom stereocenters. The van der Waals surface area contributed by atoms with Crippen molar-refractivity contribution in [2.45, 2.75) is 76.8 Å². The molecule has 3 N–H and O–H groups in total. The Morgan fingerprint density at radius 1 is 1.11 bits per heavy atom. The molecular weight excluding hydrogens is 563 g/mol. The van der Waals surface area contributed by atoms with Crippen LogP contribution in [0.3, 0.4) is 0 Å². The molecule has 0 saturated heterocycles. The van der Waals surface area contributed by atoms with E-state index in [1.165, 1.54) is 4.57 Å². The topological polar surface area (TPSA) is 130 Å². The first-order chi connectivity index (χ1) is 16.7. The monoisotopic (exact) mass is 592 g/mol. The summed E-state index contributed by atoms with van der Waals surface area (Å²) in [5.74, 6) is 0.203. The maximum Gasteiger partial charge on any atom is 0.332 e. The Hall–Kier alpha value is -2.63. The van der Waals surface area contributed by atoms with Gasteiger partial charge in [0.25, 0.3) is 5.56 Å². The molecule has 0 amide bonds. The molecule has 3 aromatic rings. The van der Waals surface area contributed by atoms with Gasteiger partial charge >= 0.3 is 11.7 Å². The average molecular weight is 592 g/mol. The number of rotatable bonds is 7. The number of phenols is 1. The number of aromatic hydroxyl groups is 1. The quantitative estimate of drug-likeness (QED) is 0.360. The standard InChI is InChI=1S/C25H29IN4O5/c1-2-12-30-20(32)18-19(29(23(30)35)13-5-15-3-4-17(31)16(26)14-15)28-21(27-18)24-6-9-25(10-7-24,11-8-24)22(33)34/h3-4,14,31H,2,5-13H2,1H3,(H,27,28)(H,33,34). The summed E-state index contributed by atoms with van der Waals surface area (Å²) in [5.41, 5.74) is 0.0282. The van der Waals surface area contributed by atoms with Crippen LogP contribution in [0, 0.1) is 8.99 Å². The van der Waals surface area contributed by atoms with Crippen LogP contribution in [0.2, 0.25) is 0 Å². The number of carboxylic acids is 1. The van der Waals surface area contributed by atoms with E-state index in [1.54, 1.807) is 10.6 Å². The van der Waals surface area contributed by atoms with Gasteiger partial charge in [-0.1, -0.05) is 13.0 Å². The van der Waals surface area contributed by atoms with Crippen molar-refractivity contribution in [2.75, 3.05) is 0 Å². The van der Waals surface area contributed by atoms with E-state index in [0.29, 0.717) is 81.4 Å². The number of imidazole rings is 1. The first-order valence-corrected chi connectivity index (χ1v) is 13.2. The fraction of sp³-hybridized carbons (Fsp3) is 0.520. The molecule has 3 aliphatic rings. The van der Waals surface area contributed by atoms with Crippen LogP contribution in [0.1, 0.15) is 63.3 Å². The van der Waals surface area contributed by atoms with Crippen molar-refractivity contribution >= 4 is 39.7 Å². The molecule has 186 valence electrons. The molecule has 3 aliphatic carbocycles. The Morgan fingerprint density at radius 2 is 1.80 bits per heavy atom. The molecule has 1 aromatic carbocycles. The zero-order chi connectivity index (χ0) is 25.0. The van der Waals surface area contributed by atoms with E-state index in [-0.39, 0.29) is 22.4 Å². The maximum atomic E-state index is 13.4. The number of nitrogens with zero attached hydrogens (tertiary/aromatic N) is 3. The molecule has 2 aromatic heterocycles. The van der Waals surface area contributed by atoms with Gasteiger partial charge in [0.2, 0.25) is 0 Å². The largest absolute Gasteiger partial charge is 0.507 e. The van der Waals surface area contributed by atoms with Gasteiger partial charge in [-0.3, -0.25) is 18.7 Å². The minimum atomic E-state index is -0.712. The Bertz CT molecular complexity index is 1410. The van der Waals surface area contributed by atoms with E-state index in [9.17, 15) is 24.6 Å². The molecular formula is C25H29IN4O5. The minimum Gasteiger partial charge on any atom is -0.507 e. The zero-order valence-corrected chi connectivity index (χ0v) is 21.8. The molecule has 35 heavy (non-hydrogen) atoms. The average Bonchev–Trinajstić information content (AvgIpc) is 3.31. The number of aromatic amines is 1. The van der Waals surface area contributed by atoms with Crippen LogP contribution in [0.4, 0.5) is 0 Å². The molecule has 2 bridgehead atoms. The summed E-state index contributed by atoms with van der Waals surface area (Å²) in [5, 5.41) is 19.5. The molecule has 10 heteroatoms. The second-order valence-electron chi connectivity index (χ2n) is 10.1. The van der Waals surface area contributed by atoms with Gasteiger partial charge in [-0.25, -0.2) is 9.78 Å². The number of benzene rings is 1. The van der Waals surface area contributed by atoms with E-state index >= 15 is 0 Å². The van der Waals surface area contributed by atoms with Gasteiger partial charge in [0, 0.05) is 18.5 Å². The minimum absolute atomic E-state index is 0.216. The summed E-state index contributed by atoms with van der Waals surface area (Å²) in [4.78, 5) is 46.6. The van der Waals surface area contributed by atoms with E-state index in [2.05, 4.69) is 27.6 Å². The van der Waals surface area contributed by atoms with Crippen molar-refractivity contribution in [3.05, 3.63) is 54.0 Å². The Balaban J connectivity index is 1.56. The number of carboxylic acid groups (broad SMARTS) is 1. The van der Waals surface area contributed by atoms with Crippen LogP contribution < -0.4 is 11.2 Å². The highest BCUT2D eigenvalue weighted by Gasteiger charge is 2.54. The van der Waals surface area contributed by atoms with Gasteiger partial charge in [-0.2, -0.15) is 0 Å². The lowest BCUT2D eigenvalue weighted by Crippen LogP contribution is -2.48. The van der Waals surface area contributed by atoms with Crippen molar-refractivity contribution in [3.63, 3.8) is 0 Å². The summed E-state index contributed by atoms with van der Waals surface area (Å²) in [6.07, 6.45) is 5.13. The van der Waals surface area contributed by atoms with E-state index in [0.717, 1.165) is 9.13 Å². The molecule has 9 nitrogen and oxygen atoms in total. The second kappa shape index (κ2) is 8.79. The number of hydrogen-bond donors (Lipinski definition) is 3. The van der Waals surface area contributed by atoms with Crippen molar-refractivity contribution in [3.8, 4) is 5.75 Å². The van der Waals surface area contributed by atoms with Crippen LogP contribution in [0.15, 0.2) is 27.8 Å². The summed E-state index contributed by atoms with van der Waals surface area (Å²) in [7, 11) is 0. The number of carbonyl (C=O) groups is 1. The van der Waals surface area contributed by atoms with Gasteiger partial charge in [-0.05, 0) is 91.7 Å². The molecule has 6 rings (SSSR count). The first-order valence-electron chi connectivity index (χ1n) is 12.1. The number of halogens is 1. The predicted octanol–water partition coefficient (Wildman–Crippen LogP) is 3.53. The van der Waals surface area contributed by atoms with Crippen molar-refractivity contribution in [2.24, 2.45) is 5.41 Å². The SMILES string of the molecule is CCCn1c(=O)c2[nH]c(C34CCC(C(=O)O)(CC3)CC4)nc2n(CCc2ccc(O)c(I)c2)c1=O. The van der Waals surface area contributed by atoms with Gasteiger partial charge in [0.05, 0.1) is 8.99 Å². The fourth-order valence-electron chi connectivity index (χ4n) is 5.85. The Kier molecular flexibility index (Phi) is 6.05. The number of phenolic OH excluding ortho intramolecular Hbond substituents is 1. The third-order valence-corrected chi connectivity index (χ3v) is 9.01. The number of fused-ring (bicyclic) bond motifs is 4. The van der Waals surface area contributed by atoms with Crippen molar-refractivity contribution in [1.29, 1.82) is 0 Å². The van der Waals surface area contributed by atoms with Crippen LogP contribution >= 0.6 is 22.6 Å². The van der Waals surface area contributed by atoms with Crippen LogP contribution in [0.5, 0.6) is 5.75 Å². The summed E-state index contributed by atoms with van der Waals surface area (Å²) < 4.78 is 3.59. The molecule has 3 fully saturated rings. The third kappa shape index (κ3) is 3.89. The molecule has 3 saturated carbocycles. The highest BCUT2D eigenvalue weighted by atomic mass is 127. The van der Waals surface area contributed by atoms with Crippen LogP contribution in [-0.2, 0) is 29.7 Å². The molecule has 0 radical (unpaired) electrons. The van der Waals surface area contributed by atoms with Gasteiger partial charge in [-0.15, -0.1) is 0 Å². The highest BCUT2D eigenvalue weighted by Crippen LogP contribution is 2.57. The normalized spacial score (nSPS) is 23.7. The maximum absolute atomic E-state index is 13.4. The van der Waals surface area contributed by atoms with Crippen LogP contribution in [0.25, 0.3) is 11.2 Å². The number of nitrogens with one attached hydrogen (secondary N) is 1. The number of hydrogen-bond acceptors (Lipinski definition) is 5. The number of aromatic nitrogens is 4. The summed E-state index contributed by atoms with van der Waals surface area (Å²) in [6.45, 7) is 2.60. The summed E-state index contributed by atoms with van der Waals surface area (Å²) >= 11 is 2.07. The van der Waals surface area contributed by atoms with E-state index in [4.69, 9.17) is 4.98 Å². The van der Waals surface area contributed by atoms with Gasteiger partial charge < -0.3 is 15.2 Å². The number of aryl methyl sites for hydroxylation is 2. The smallest absolute Gasteiger partial charge is 0.332 e. The zero-order valence-electron chi connectivity index (χ0n) is 19.6. The fourth-order valence-corrected chi connectivity index (χ4v) is 6.43. The molecule has 0 unspecified atom stereocenters. The van der Waals surface area contributed by atoms with Crippen molar-refractivity contribution in [1.82, 2.24) is 19.1 Å². The third-order valence-electron chi connectivity index (χ3n) is 8.15. The number of aliphatic carboxylic acids is 1. The van der Waals surface area contributed by atoms with Gasteiger partial charge in [0.1, 0.15) is 17.1 Å². The second-order valence-corrected chi connectivity index (χ2v) is 11.2. The highest BCUT2D eigenvalue weighted by molar-refractivity contribution is 14.1. The van der Waals surface area contributed by atoms with E-state index < -0.39 is 11.4 Å². The molecule has 2 heterocycles. The van der Waals surface area contributed by atoms with Crippen LogP contribution in [-0.4, -0.2) is 35.3 Å². The molecule has 0 aliphatic heterocycles. The predicted molar refractivity (Wildman–Crippen MR) is 139 cm³/mol. The van der Waals surface area contributed by atoms with Crippen molar-refractivity contribution < 1.29 is 15.0 Å². The first kappa shape index (κ1) is 24.1. The van der Waals surface area contributed by atoms with E-state index in [1.807, 2.05) is 19.1 Å². The molecule has 0 spiro atoms. The van der Waals surface area contributed by atoms with Gasteiger partial charge in [0.15, 0.2) is 5.65 Å².